The smallest absolute Gasteiger partial charge is 0.256 e. The van der Waals surface area contributed by atoms with Gasteiger partial charge in [-0.25, -0.2) is 9.97 Å². The van der Waals surface area contributed by atoms with Crippen LogP contribution in [0, 0.1) is 6.92 Å². The molecule has 3 heterocycles. The number of rotatable bonds is 4. The Bertz CT molecular complexity index is 1540. The molecule has 7 nitrogen and oxygen atoms in total. The van der Waals surface area contributed by atoms with E-state index >= 15 is 0 Å². The Kier molecular flexibility index (Phi) is 5.20. The molecule has 2 N–H and O–H groups in total. The van der Waals surface area contributed by atoms with Gasteiger partial charge in [-0.1, -0.05) is 30.3 Å². The summed E-state index contributed by atoms with van der Waals surface area (Å²) >= 11 is 0. The molecule has 0 fully saturated rings. The lowest BCUT2D eigenvalue weighted by Gasteiger charge is -2.11. The number of aromatic nitrogens is 4. The third-order valence-electron chi connectivity index (χ3n) is 5.20. The normalized spacial score (nSPS) is 10.8. The number of amides is 1. The van der Waals surface area contributed by atoms with Crippen LogP contribution in [0.4, 0.5) is 5.69 Å². The quantitative estimate of drug-likeness (QED) is 0.431. The Balaban J connectivity index is 1.53. The van der Waals surface area contributed by atoms with Crippen LogP contribution in [-0.2, 0) is 0 Å². The average molecular weight is 433 g/mol. The number of hydrogen-bond donors (Lipinski definition) is 2. The molecule has 3 aromatic heterocycles. The number of nitrogens with zero attached hydrogens (tertiary/aromatic N) is 3. The van der Waals surface area contributed by atoms with Gasteiger partial charge < -0.3 is 10.3 Å². The van der Waals surface area contributed by atoms with Crippen molar-refractivity contribution in [2.45, 2.75) is 6.92 Å². The number of nitrogens with one attached hydrogen (secondary N) is 2. The van der Waals surface area contributed by atoms with Gasteiger partial charge in [-0.2, -0.15) is 0 Å². The molecule has 33 heavy (non-hydrogen) atoms. The number of pyridine rings is 2. The van der Waals surface area contributed by atoms with Crippen LogP contribution in [0.25, 0.3) is 33.5 Å². The van der Waals surface area contributed by atoms with Crippen molar-refractivity contribution < 1.29 is 4.79 Å². The van der Waals surface area contributed by atoms with Crippen molar-refractivity contribution in [1.29, 1.82) is 0 Å². The van der Waals surface area contributed by atoms with Crippen molar-refractivity contribution in [2.75, 3.05) is 5.32 Å². The zero-order chi connectivity index (χ0) is 22.8. The fourth-order valence-electron chi connectivity index (χ4n) is 3.69. The van der Waals surface area contributed by atoms with Crippen LogP contribution in [0.2, 0.25) is 0 Å². The first-order chi connectivity index (χ1) is 16.1. The fraction of sp³-hybridized carbons (Fsp3) is 0.0385. The number of fused-ring (bicyclic) bond motifs is 1. The van der Waals surface area contributed by atoms with Crippen molar-refractivity contribution in [1.82, 2.24) is 19.9 Å². The monoisotopic (exact) mass is 433 g/mol. The van der Waals surface area contributed by atoms with Gasteiger partial charge in [0.05, 0.1) is 16.8 Å². The van der Waals surface area contributed by atoms with Gasteiger partial charge in [0.2, 0.25) is 0 Å². The SMILES string of the molecule is Cc1cc(=O)[nH]c(-c2cccc(NC(=O)c3cc(-c4ccncc4)nc4ccccc34)c2)n1. The molecule has 5 rings (SSSR count). The highest BCUT2D eigenvalue weighted by Gasteiger charge is 2.15. The Morgan fingerprint density at radius 3 is 2.52 bits per heavy atom. The van der Waals surface area contributed by atoms with E-state index in [1.54, 1.807) is 43.6 Å². The van der Waals surface area contributed by atoms with E-state index in [1.165, 1.54) is 6.07 Å². The van der Waals surface area contributed by atoms with Crippen LogP contribution < -0.4 is 10.9 Å². The minimum atomic E-state index is -0.258. The molecule has 0 bridgehead atoms. The Hall–Kier alpha value is -4.65. The van der Waals surface area contributed by atoms with E-state index in [2.05, 4.69) is 20.3 Å². The predicted octanol–water partition coefficient (Wildman–Crippen LogP) is 4.61. The molecule has 1 amide bonds. The molecule has 5 aromatic rings. The highest BCUT2D eigenvalue weighted by atomic mass is 16.1. The Morgan fingerprint density at radius 1 is 0.879 bits per heavy atom. The second-order valence-electron chi connectivity index (χ2n) is 7.58. The van der Waals surface area contributed by atoms with Gasteiger partial charge in [0.1, 0.15) is 5.82 Å². The summed E-state index contributed by atoms with van der Waals surface area (Å²) < 4.78 is 0. The molecular weight excluding hydrogens is 414 g/mol. The molecule has 0 aliphatic carbocycles. The first-order valence-corrected chi connectivity index (χ1v) is 10.4. The summed E-state index contributed by atoms with van der Waals surface area (Å²) in [7, 11) is 0. The third-order valence-corrected chi connectivity index (χ3v) is 5.20. The van der Waals surface area contributed by atoms with Crippen LogP contribution in [0.1, 0.15) is 16.1 Å². The number of carbonyl (C=O) groups is 1. The zero-order valence-electron chi connectivity index (χ0n) is 17.7. The van der Waals surface area contributed by atoms with Crippen LogP contribution in [0.5, 0.6) is 0 Å². The van der Waals surface area contributed by atoms with Crippen molar-refractivity contribution >= 4 is 22.5 Å². The molecular formula is C26H19N5O2. The standard InChI is InChI=1S/C26H19N5O2/c1-16-13-24(32)31-25(28-16)18-5-4-6-19(14-18)29-26(33)21-15-23(17-9-11-27-12-10-17)30-22-8-3-2-7-20(21)22/h2-15H,1H3,(H,29,33)(H,28,31,32). The summed E-state index contributed by atoms with van der Waals surface area (Å²) in [6, 6.07) is 21.7. The van der Waals surface area contributed by atoms with Crippen molar-refractivity contribution in [3.05, 3.63) is 107 Å². The summed E-state index contributed by atoms with van der Waals surface area (Å²) in [5.41, 5.74) is 4.50. The van der Waals surface area contributed by atoms with Gasteiger partial charge in [-0.3, -0.25) is 14.6 Å². The van der Waals surface area contributed by atoms with Crippen LogP contribution in [-0.4, -0.2) is 25.8 Å². The van der Waals surface area contributed by atoms with Gasteiger partial charge in [-0.05, 0) is 43.3 Å². The summed E-state index contributed by atoms with van der Waals surface area (Å²) in [4.78, 5) is 41.1. The molecule has 160 valence electrons. The predicted molar refractivity (Wildman–Crippen MR) is 128 cm³/mol. The molecule has 0 spiro atoms. The zero-order valence-corrected chi connectivity index (χ0v) is 17.7. The van der Waals surface area contributed by atoms with Gasteiger partial charge in [-0.15, -0.1) is 0 Å². The molecule has 0 aliphatic heterocycles. The second-order valence-corrected chi connectivity index (χ2v) is 7.58. The molecule has 2 aromatic carbocycles. The number of para-hydroxylation sites is 1. The average Bonchev–Trinajstić information content (AvgIpc) is 2.83. The number of benzene rings is 2. The van der Waals surface area contributed by atoms with Crippen molar-refractivity contribution in [2.24, 2.45) is 0 Å². The summed E-state index contributed by atoms with van der Waals surface area (Å²) in [6.07, 6.45) is 3.39. The van der Waals surface area contributed by atoms with Crippen molar-refractivity contribution in [3.8, 4) is 22.6 Å². The number of carbonyl (C=O) groups excluding carboxylic acids is 1. The van der Waals surface area contributed by atoms with E-state index in [0.717, 1.165) is 16.5 Å². The molecule has 0 unspecified atom stereocenters. The van der Waals surface area contributed by atoms with E-state index in [-0.39, 0.29) is 11.5 Å². The van der Waals surface area contributed by atoms with Gasteiger partial charge in [0, 0.05) is 46.4 Å². The number of aromatic amines is 1. The second kappa shape index (κ2) is 8.47. The topological polar surface area (TPSA) is 101 Å². The van der Waals surface area contributed by atoms with Crippen molar-refractivity contribution in [3.63, 3.8) is 0 Å². The minimum Gasteiger partial charge on any atom is -0.322 e. The summed E-state index contributed by atoms with van der Waals surface area (Å²) in [5.74, 6) is 0.192. The molecule has 0 radical (unpaired) electrons. The fourth-order valence-corrected chi connectivity index (χ4v) is 3.69. The molecule has 0 saturated heterocycles. The Morgan fingerprint density at radius 2 is 1.70 bits per heavy atom. The number of aryl methyl sites for hydroxylation is 1. The maximum atomic E-state index is 13.3. The lowest BCUT2D eigenvalue weighted by Crippen LogP contribution is -2.13. The van der Waals surface area contributed by atoms with Crippen LogP contribution in [0.3, 0.4) is 0 Å². The van der Waals surface area contributed by atoms with Gasteiger partial charge in [0.25, 0.3) is 11.5 Å². The lowest BCUT2D eigenvalue weighted by molar-refractivity contribution is 0.102. The van der Waals surface area contributed by atoms with E-state index in [1.807, 2.05) is 42.5 Å². The van der Waals surface area contributed by atoms with E-state index in [4.69, 9.17) is 4.98 Å². The third kappa shape index (κ3) is 4.24. The highest BCUT2D eigenvalue weighted by Crippen LogP contribution is 2.26. The maximum Gasteiger partial charge on any atom is 0.256 e. The highest BCUT2D eigenvalue weighted by molar-refractivity contribution is 6.13. The van der Waals surface area contributed by atoms with Gasteiger partial charge in [0.15, 0.2) is 0 Å². The maximum absolute atomic E-state index is 13.3. The number of hydrogen-bond acceptors (Lipinski definition) is 5. The summed E-state index contributed by atoms with van der Waals surface area (Å²) in [5, 5.41) is 3.73. The summed E-state index contributed by atoms with van der Waals surface area (Å²) in [6.45, 7) is 1.76. The minimum absolute atomic E-state index is 0.223. The van der Waals surface area contributed by atoms with Crippen LogP contribution in [0.15, 0.2) is 90.0 Å². The van der Waals surface area contributed by atoms with Crippen LogP contribution >= 0.6 is 0 Å². The number of anilines is 1. The van der Waals surface area contributed by atoms with E-state index in [9.17, 15) is 9.59 Å². The largest absolute Gasteiger partial charge is 0.322 e. The Labute approximate surface area is 189 Å². The first-order valence-electron chi connectivity index (χ1n) is 10.4. The first kappa shape index (κ1) is 20.3. The number of H-pyrrole nitrogens is 1. The van der Waals surface area contributed by atoms with E-state index in [0.29, 0.717) is 34.0 Å². The van der Waals surface area contributed by atoms with E-state index < -0.39 is 0 Å². The molecule has 0 saturated carbocycles. The lowest BCUT2D eigenvalue weighted by atomic mass is 10.0. The molecule has 0 aliphatic rings. The van der Waals surface area contributed by atoms with Gasteiger partial charge >= 0.3 is 0 Å². The molecule has 0 atom stereocenters. The molecule has 7 heteroatoms.